The molecule has 2 nitrogen and oxygen atoms in total. The molecule has 2 rings (SSSR count). The monoisotopic (exact) mass is 283 g/mol. The molecule has 88 valence electrons. The first-order valence-corrected chi connectivity index (χ1v) is 6.36. The van der Waals surface area contributed by atoms with Gasteiger partial charge >= 0.3 is 0 Å². The highest BCUT2D eigenvalue weighted by Crippen LogP contribution is 2.30. The van der Waals surface area contributed by atoms with Crippen molar-refractivity contribution in [2.45, 2.75) is 31.9 Å². The molecule has 0 bridgehead atoms. The van der Waals surface area contributed by atoms with Gasteiger partial charge in [0.2, 0.25) is 0 Å². The molecule has 16 heavy (non-hydrogen) atoms. The summed E-state index contributed by atoms with van der Waals surface area (Å²) in [6.07, 6.45) is 0. The van der Waals surface area contributed by atoms with Gasteiger partial charge in [-0.2, -0.15) is 0 Å². The van der Waals surface area contributed by atoms with Crippen LogP contribution in [0.25, 0.3) is 0 Å². The summed E-state index contributed by atoms with van der Waals surface area (Å²) < 4.78 is 7.13. The van der Waals surface area contributed by atoms with Crippen molar-refractivity contribution in [3.8, 4) is 0 Å². The normalized spacial score (nSPS) is 29.0. The molecule has 1 atom stereocenters. The lowest BCUT2D eigenvalue weighted by Gasteiger charge is -2.42. The van der Waals surface area contributed by atoms with Crippen molar-refractivity contribution in [1.82, 2.24) is 5.32 Å². The zero-order chi connectivity index (χ0) is 11.8. The van der Waals surface area contributed by atoms with E-state index in [1.807, 2.05) is 0 Å². The molecular formula is C13H18BrNO. The Bertz CT molecular complexity index is 362. The van der Waals surface area contributed by atoms with Gasteiger partial charge in [-0.25, -0.2) is 0 Å². The third-order valence-corrected chi connectivity index (χ3v) is 3.64. The second-order valence-electron chi connectivity index (χ2n) is 5.26. The fraction of sp³-hybridized carbons (Fsp3) is 0.538. The summed E-state index contributed by atoms with van der Waals surface area (Å²) in [6.45, 7) is 8.04. The lowest BCUT2D eigenvalue weighted by atomic mass is 9.91. The maximum absolute atomic E-state index is 6.03. The maximum atomic E-state index is 6.03. The van der Waals surface area contributed by atoms with Gasteiger partial charge in [0.1, 0.15) is 5.60 Å². The minimum Gasteiger partial charge on any atom is -0.367 e. The molecule has 0 spiro atoms. The second kappa shape index (κ2) is 4.13. The highest BCUT2D eigenvalue weighted by atomic mass is 79.9. The molecule has 1 N–H and O–H groups in total. The molecule has 1 fully saturated rings. The van der Waals surface area contributed by atoms with E-state index in [9.17, 15) is 0 Å². The van der Waals surface area contributed by atoms with Crippen molar-refractivity contribution >= 4 is 15.9 Å². The molecule has 1 heterocycles. The number of nitrogens with one attached hydrogen (secondary N) is 1. The lowest BCUT2D eigenvalue weighted by molar-refractivity contribution is -0.0949. The predicted molar refractivity (Wildman–Crippen MR) is 69.5 cm³/mol. The Morgan fingerprint density at radius 1 is 1.19 bits per heavy atom. The topological polar surface area (TPSA) is 21.3 Å². The van der Waals surface area contributed by atoms with E-state index in [0.717, 1.165) is 17.6 Å². The first-order chi connectivity index (χ1) is 7.41. The van der Waals surface area contributed by atoms with Crippen molar-refractivity contribution in [2.24, 2.45) is 0 Å². The highest BCUT2D eigenvalue weighted by molar-refractivity contribution is 9.10. The van der Waals surface area contributed by atoms with Crippen LogP contribution in [0.2, 0.25) is 0 Å². The van der Waals surface area contributed by atoms with E-state index in [4.69, 9.17) is 4.74 Å². The summed E-state index contributed by atoms with van der Waals surface area (Å²) in [5.74, 6) is 0. The Hall–Kier alpha value is -0.380. The predicted octanol–water partition coefficient (Wildman–Crippen LogP) is 3.06. The molecule has 1 saturated heterocycles. The molecule has 0 radical (unpaired) electrons. The maximum Gasteiger partial charge on any atom is 0.103 e. The van der Waals surface area contributed by atoms with Gasteiger partial charge < -0.3 is 10.1 Å². The standard InChI is InChI=1S/C13H18BrNO/c1-12(2)9-16-13(3,8-15-12)10-4-6-11(14)7-5-10/h4-7,15H,8-9H2,1-3H3. The minimum atomic E-state index is -0.212. The number of hydrogen-bond donors (Lipinski definition) is 1. The molecule has 0 saturated carbocycles. The van der Waals surface area contributed by atoms with Gasteiger partial charge in [0.15, 0.2) is 0 Å². The van der Waals surface area contributed by atoms with Crippen molar-refractivity contribution in [3.05, 3.63) is 34.3 Å². The smallest absolute Gasteiger partial charge is 0.103 e. The summed E-state index contributed by atoms with van der Waals surface area (Å²) >= 11 is 3.45. The average molecular weight is 284 g/mol. The van der Waals surface area contributed by atoms with Crippen LogP contribution in [0, 0.1) is 0 Å². The number of hydrogen-bond acceptors (Lipinski definition) is 2. The highest BCUT2D eigenvalue weighted by Gasteiger charge is 2.36. The number of rotatable bonds is 1. The van der Waals surface area contributed by atoms with Crippen LogP contribution in [0.4, 0.5) is 0 Å². The Morgan fingerprint density at radius 3 is 2.31 bits per heavy atom. The third kappa shape index (κ3) is 2.47. The van der Waals surface area contributed by atoms with Crippen molar-refractivity contribution in [3.63, 3.8) is 0 Å². The Kier molecular flexibility index (Phi) is 3.12. The van der Waals surface area contributed by atoms with Crippen LogP contribution in [0.15, 0.2) is 28.7 Å². The van der Waals surface area contributed by atoms with Crippen LogP contribution in [0.3, 0.4) is 0 Å². The fourth-order valence-corrected chi connectivity index (χ4v) is 2.10. The molecule has 3 heteroatoms. The van der Waals surface area contributed by atoms with E-state index in [-0.39, 0.29) is 11.1 Å². The fourth-order valence-electron chi connectivity index (χ4n) is 1.84. The Labute approximate surface area is 106 Å². The van der Waals surface area contributed by atoms with E-state index >= 15 is 0 Å². The van der Waals surface area contributed by atoms with E-state index < -0.39 is 0 Å². The quantitative estimate of drug-likeness (QED) is 0.855. The van der Waals surface area contributed by atoms with Gasteiger partial charge in [-0.15, -0.1) is 0 Å². The van der Waals surface area contributed by atoms with E-state index in [0.29, 0.717) is 0 Å². The molecule has 1 aromatic rings. The number of benzene rings is 1. The van der Waals surface area contributed by atoms with E-state index in [2.05, 4.69) is 66.3 Å². The summed E-state index contributed by atoms with van der Waals surface area (Å²) in [7, 11) is 0. The SMILES string of the molecule is CC1(C)COC(C)(c2ccc(Br)cc2)CN1. The van der Waals surface area contributed by atoms with Crippen LogP contribution in [-0.4, -0.2) is 18.7 Å². The molecule has 1 aliphatic heterocycles. The van der Waals surface area contributed by atoms with Crippen molar-refractivity contribution in [2.75, 3.05) is 13.2 Å². The van der Waals surface area contributed by atoms with Crippen LogP contribution in [-0.2, 0) is 10.3 Å². The van der Waals surface area contributed by atoms with Gasteiger partial charge in [-0.3, -0.25) is 0 Å². The molecular weight excluding hydrogens is 266 g/mol. The van der Waals surface area contributed by atoms with Crippen molar-refractivity contribution < 1.29 is 4.74 Å². The molecule has 0 aliphatic carbocycles. The molecule has 1 aliphatic rings. The van der Waals surface area contributed by atoms with Crippen LogP contribution < -0.4 is 5.32 Å². The summed E-state index contributed by atoms with van der Waals surface area (Å²) in [6, 6.07) is 8.35. The van der Waals surface area contributed by atoms with Gasteiger partial charge in [0, 0.05) is 16.6 Å². The molecule has 1 unspecified atom stereocenters. The molecule has 1 aromatic carbocycles. The average Bonchev–Trinajstić information content (AvgIpc) is 2.24. The summed E-state index contributed by atoms with van der Waals surface area (Å²) in [5.41, 5.74) is 1.09. The van der Waals surface area contributed by atoms with Gasteiger partial charge in [-0.05, 0) is 38.5 Å². The zero-order valence-corrected chi connectivity index (χ0v) is 11.6. The summed E-state index contributed by atoms with van der Waals surface area (Å²) in [5, 5.41) is 3.53. The largest absolute Gasteiger partial charge is 0.367 e. The number of halogens is 1. The van der Waals surface area contributed by atoms with Crippen LogP contribution >= 0.6 is 15.9 Å². The zero-order valence-electron chi connectivity index (χ0n) is 10.0. The van der Waals surface area contributed by atoms with E-state index in [1.165, 1.54) is 5.56 Å². The van der Waals surface area contributed by atoms with Crippen molar-refractivity contribution in [1.29, 1.82) is 0 Å². The van der Waals surface area contributed by atoms with Crippen LogP contribution in [0.5, 0.6) is 0 Å². The number of morpholine rings is 1. The third-order valence-electron chi connectivity index (χ3n) is 3.11. The first kappa shape index (κ1) is 12.1. The van der Waals surface area contributed by atoms with Crippen LogP contribution in [0.1, 0.15) is 26.3 Å². The van der Waals surface area contributed by atoms with Gasteiger partial charge in [-0.1, -0.05) is 28.1 Å². The molecule has 0 amide bonds. The van der Waals surface area contributed by atoms with E-state index in [1.54, 1.807) is 0 Å². The summed E-state index contributed by atoms with van der Waals surface area (Å²) in [4.78, 5) is 0. The minimum absolute atomic E-state index is 0.0782. The second-order valence-corrected chi connectivity index (χ2v) is 6.18. The Balaban J connectivity index is 2.18. The van der Waals surface area contributed by atoms with Gasteiger partial charge in [0.05, 0.1) is 6.61 Å². The Morgan fingerprint density at radius 2 is 1.81 bits per heavy atom. The van der Waals surface area contributed by atoms with Gasteiger partial charge in [0.25, 0.3) is 0 Å². The molecule has 0 aromatic heterocycles. The first-order valence-electron chi connectivity index (χ1n) is 5.56. The lowest BCUT2D eigenvalue weighted by Crippen LogP contribution is -2.56. The number of ether oxygens (including phenoxy) is 1.